The number of non-ortho nitro benzene ring substituents is 1. The summed E-state index contributed by atoms with van der Waals surface area (Å²) < 4.78 is 0. The van der Waals surface area contributed by atoms with Crippen LogP contribution in [0.15, 0.2) is 52.4 Å². The highest BCUT2D eigenvalue weighted by Crippen LogP contribution is 2.30. The van der Waals surface area contributed by atoms with Crippen molar-refractivity contribution in [3.63, 3.8) is 0 Å². The molecule has 0 bridgehead atoms. The number of hydrogen-bond donors (Lipinski definition) is 1. The molecular formula is C18H15N3O3S. The molecule has 2 aromatic carbocycles. The van der Waals surface area contributed by atoms with Gasteiger partial charge in [-0.05, 0) is 54.4 Å². The fourth-order valence-electron chi connectivity index (χ4n) is 2.31. The highest BCUT2D eigenvalue weighted by Gasteiger charge is 2.24. The average Bonchev–Trinajstić information content (AvgIpc) is 2.90. The standard InChI is InChI=1S/C18H15N3O3S/c1-11-6-7-12(2)15(8-11)19-18-20-17(22)16(25-18)10-13-4-3-5-14(9-13)21(23)24/h3-10H,1-2H3,(H,19,20,22)/b16-10+. The number of aryl methyl sites for hydroxylation is 2. The summed E-state index contributed by atoms with van der Waals surface area (Å²) in [6.07, 6.45) is 1.62. The summed E-state index contributed by atoms with van der Waals surface area (Å²) in [6, 6.07) is 12.1. The van der Waals surface area contributed by atoms with Crippen molar-refractivity contribution in [2.24, 2.45) is 4.99 Å². The first kappa shape index (κ1) is 16.9. The van der Waals surface area contributed by atoms with E-state index < -0.39 is 4.92 Å². The molecule has 1 fully saturated rings. The summed E-state index contributed by atoms with van der Waals surface area (Å²) in [4.78, 5) is 27.5. The second-order valence-corrected chi connectivity index (χ2v) is 6.65. The number of carbonyl (C=O) groups excluding carboxylic acids is 1. The molecule has 0 aromatic heterocycles. The highest BCUT2D eigenvalue weighted by atomic mass is 32.2. The molecule has 0 aliphatic carbocycles. The minimum atomic E-state index is -0.461. The van der Waals surface area contributed by atoms with Gasteiger partial charge in [-0.1, -0.05) is 24.3 Å². The molecule has 1 heterocycles. The van der Waals surface area contributed by atoms with Crippen LogP contribution in [0.25, 0.3) is 6.08 Å². The molecular weight excluding hydrogens is 338 g/mol. The highest BCUT2D eigenvalue weighted by molar-refractivity contribution is 8.18. The predicted molar refractivity (Wildman–Crippen MR) is 99.8 cm³/mol. The molecule has 0 saturated carbocycles. The van der Waals surface area contributed by atoms with E-state index in [1.165, 1.54) is 23.9 Å². The number of nitrogens with one attached hydrogen (secondary N) is 1. The van der Waals surface area contributed by atoms with Crippen LogP contribution < -0.4 is 5.32 Å². The zero-order valence-corrected chi connectivity index (χ0v) is 14.5. The van der Waals surface area contributed by atoms with Gasteiger partial charge in [0.25, 0.3) is 11.6 Å². The third kappa shape index (κ3) is 3.95. The number of rotatable bonds is 3. The largest absolute Gasteiger partial charge is 0.300 e. The van der Waals surface area contributed by atoms with E-state index in [1.54, 1.807) is 18.2 Å². The SMILES string of the molecule is Cc1ccc(C)c(N=C2NC(=O)/C(=C\c3cccc([N+](=O)[O-])c3)S2)c1. The molecule has 0 radical (unpaired) electrons. The number of aliphatic imine (C=N–C) groups is 1. The lowest BCUT2D eigenvalue weighted by Gasteiger charge is -2.02. The Hall–Kier alpha value is -2.93. The number of nitro benzene ring substituents is 1. The topological polar surface area (TPSA) is 84.6 Å². The van der Waals surface area contributed by atoms with Crippen molar-refractivity contribution in [3.05, 3.63) is 74.2 Å². The van der Waals surface area contributed by atoms with E-state index in [9.17, 15) is 14.9 Å². The number of benzene rings is 2. The number of amidine groups is 1. The van der Waals surface area contributed by atoms with Crippen LogP contribution in [0.1, 0.15) is 16.7 Å². The molecule has 25 heavy (non-hydrogen) atoms. The van der Waals surface area contributed by atoms with Gasteiger partial charge in [0.05, 0.1) is 15.5 Å². The van der Waals surface area contributed by atoms with Gasteiger partial charge in [0.1, 0.15) is 0 Å². The summed E-state index contributed by atoms with van der Waals surface area (Å²) >= 11 is 1.22. The zero-order valence-electron chi connectivity index (χ0n) is 13.6. The van der Waals surface area contributed by atoms with Gasteiger partial charge in [0.15, 0.2) is 5.17 Å². The zero-order chi connectivity index (χ0) is 18.0. The van der Waals surface area contributed by atoms with Crippen LogP contribution in [-0.2, 0) is 4.79 Å². The minimum absolute atomic E-state index is 0.0120. The summed E-state index contributed by atoms with van der Waals surface area (Å²) in [5.74, 6) is -0.263. The van der Waals surface area contributed by atoms with Gasteiger partial charge in [-0.3, -0.25) is 14.9 Å². The van der Waals surface area contributed by atoms with Crippen LogP contribution in [-0.4, -0.2) is 16.0 Å². The summed E-state index contributed by atoms with van der Waals surface area (Å²) in [7, 11) is 0. The quantitative estimate of drug-likeness (QED) is 0.511. The monoisotopic (exact) mass is 353 g/mol. The van der Waals surface area contributed by atoms with Gasteiger partial charge in [-0.25, -0.2) is 4.99 Å². The molecule has 0 unspecified atom stereocenters. The normalized spacial score (nSPS) is 17.1. The van der Waals surface area contributed by atoms with Gasteiger partial charge >= 0.3 is 0 Å². The number of amides is 1. The lowest BCUT2D eigenvalue weighted by Crippen LogP contribution is -2.19. The lowest BCUT2D eigenvalue weighted by atomic mass is 10.1. The predicted octanol–water partition coefficient (Wildman–Crippen LogP) is 4.10. The third-order valence-electron chi connectivity index (χ3n) is 3.62. The Morgan fingerprint density at radius 3 is 2.76 bits per heavy atom. The first-order chi connectivity index (χ1) is 11.9. The van der Waals surface area contributed by atoms with Crippen LogP contribution >= 0.6 is 11.8 Å². The number of nitrogens with zero attached hydrogens (tertiary/aromatic N) is 2. The number of thioether (sulfide) groups is 1. The van der Waals surface area contributed by atoms with Gasteiger partial charge in [0.2, 0.25) is 0 Å². The van der Waals surface area contributed by atoms with Gasteiger partial charge in [-0.2, -0.15) is 0 Å². The number of hydrogen-bond acceptors (Lipinski definition) is 5. The van der Waals surface area contributed by atoms with E-state index in [2.05, 4.69) is 10.3 Å². The molecule has 0 atom stereocenters. The van der Waals surface area contributed by atoms with Gasteiger partial charge in [0, 0.05) is 12.1 Å². The molecule has 1 N–H and O–H groups in total. The first-order valence-corrected chi connectivity index (χ1v) is 8.35. The second-order valence-electron chi connectivity index (χ2n) is 5.62. The van der Waals surface area contributed by atoms with Crippen molar-refractivity contribution in [1.82, 2.24) is 5.32 Å². The van der Waals surface area contributed by atoms with Crippen LogP contribution in [0.5, 0.6) is 0 Å². The number of nitro groups is 1. The van der Waals surface area contributed by atoms with Crippen LogP contribution in [0.4, 0.5) is 11.4 Å². The van der Waals surface area contributed by atoms with Crippen molar-refractivity contribution < 1.29 is 9.72 Å². The average molecular weight is 353 g/mol. The number of carbonyl (C=O) groups is 1. The summed E-state index contributed by atoms with van der Waals surface area (Å²) in [5.41, 5.74) is 3.50. The smallest absolute Gasteiger partial charge is 0.270 e. The Morgan fingerprint density at radius 2 is 2.00 bits per heavy atom. The summed E-state index contributed by atoms with van der Waals surface area (Å²) in [5, 5.41) is 14.1. The van der Waals surface area contributed by atoms with E-state index in [0.29, 0.717) is 15.6 Å². The Labute approximate surface area is 148 Å². The Balaban J connectivity index is 1.87. The van der Waals surface area contributed by atoms with Crippen LogP contribution in [0.3, 0.4) is 0 Å². The molecule has 7 heteroatoms. The Kier molecular flexibility index (Phi) is 4.67. The molecule has 1 amide bonds. The van der Waals surface area contributed by atoms with E-state index in [0.717, 1.165) is 16.8 Å². The third-order valence-corrected chi connectivity index (χ3v) is 4.53. The second kappa shape index (κ2) is 6.90. The van der Waals surface area contributed by atoms with Crippen molar-refractivity contribution in [2.45, 2.75) is 13.8 Å². The van der Waals surface area contributed by atoms with Gasteiger partial charge in [-0.15, -0.1) is 0 Å². The van der Waals surface area contributed by atoms with Crippen molar-refractivity contribution in [2.75, 3.05) is 0 Å². The molecule has 2 aromatic rings. The molecule has 1 aliphatic rings. The van der Waals surface area contributed by atoms with E-state index in [-0.39, 0.29) is 11.6 Å². The first-order valence-electron chi connectivity index (χ1n) is 7.54. The van der Waals surface area contributed by atoms with Crippen LogP contribution in [0.2, 0.25) is 0 Å². The van der Waals surface area contributed by atoms with E-state index in [1.807, 2.05) is 32.0 Å². The van der Waals surface area contributed by atoms with E-state index >= 15 is 0 Å². The molecule has 6 nitrogen and oxygen atoms in total. The van der Waals surface area contributed by atoms with Crippen molar-refractivity contribution in [1.29, 1.82) is 0 Å². The fraction of sp³-hybridized carbons (Fsp3) is 0.111. The molecule has 126 valence electrons. The molecule has 3 rings (SSSR count). The fourth-order valence-corrected chi connectivity index (χ4v) is 3.14. The minimum Gasteiger partial charge on any atom is -0.300 e. The molecule has 0 spiro atoms. The molecule has 1 aliphatic heterocycles. The molecule has 1 saturated heterocycles. The Bertz CT molecular complexity index is 935. The maximum absolute atomic E-state index is 12.1. The van der Waals surface area contributed by atoms with Gasteiger partial charge < -0.3 is 5.32 Å². The maximum atomic E-state index is 12.1. The lowest BCUT2D eigenvalue weighted by molar-refractivity contribution is -0.384. The van der Waals surface area contributed by atoms with Crippen LogP contribution in [0, 0.1) is 24.0 Å². The maximum Gasteiger partial charge on any atom is 0.270 e. The van der Waals surface area contributed by atoms with Crippen molar-refractivity contribution in [3.8, 4) is 0 Å². The van der Waals surface area contributed by atoms with Crippen molar-refractivity contribution >= 4 is 40.3 Å². The summed E-state index contributed by atoms with van der Waals surface area (Å²) in [6.45, 7) is 3.94. The Morgan fingerprint density at radius 1 is 1.20 bits per heavy atom. The van der Waals surface area contributed by atoms with E-state index in [4.69, 9.17) is 0 Å².